The van der Waals surface area contributed by atoms with Crippen molar-refractivity contribution >= 4 is 21.8 Å². The number of sulfonamides is 1. The first-order valence-electron chi connectivity index (χ1n) is 5.11. The van der Waals surface area contributed by atoms with E-state index < -0.39 is 26.6 Å². The van der Waals surface area contributed by atoms with Crippen molar-refractivity contribution in [2.24, 2.45) is 7.05 Å². The van der Waals surface area contributed by atoms with Gasteiger partial charge in [0.2, 0.25) is 0 Å². The number of aromatic carboxylic acids is 1. The zero-order chi connectivity index (χ0) is 14.2. The Bertz CT molecular complexity index is 730. The Morgan fingerprint density at radius 1 is 1.53 bits per heavy atom. The highest BCUT2D eigenvalue weighted by Gasteiger charge is 2.25. The summed E-state index contributed by atoms with van der Waals surface area (Å²) in [5, 5.41) is 17.9. The van der Waals surface area contributed by atoms with E-state index in [2.05, 4.69) is 20.0 Å². The number of aromatic amines is 1. The number of nitrogens with zero attached hydrogens (tertiary/aromatic N) is 3. The van der Waals surface area contributed by atoms with Crippen LogP contribution in [0.5, 0.6) is 0 Å². The van der Waals surface area contributed by atoms with Gasteiger partial charge in [0.15, 0.2) is 5.03 Å². The van der Waals surface area contributed by atoms with E-state index in [9.17, 15) is 13.2 Å². The van der Waals surface area contributed by atoms with Gasteiger partial charge < -0.3 is 5.11 Å². The summed E-state index contributed by atoms with van der Waals surface area (Å²) < 4.78 is 27.7. The predicted molar refractivity (Wildman–Crippen MR) is 64.3 cm³/mol. The molecule has 0 aromatic carbocycles. The highest BCUT2D eigenvalue weighted by Crippen LogP contribution is 2.17. The van der Waals surface area contributed by atoms with Gasteiger partial charge in [0.05, 0.1) is 11.9 Å². The molecule has 0 saturated heterocycles. The van der Waals surface area contributed by atoms with Crippen LogP contribution in [0.1, 0.15) is 16.1 Å². The van der Waals surface area contributed by atoms with Gasteiger partial charge in [0.25, 0.3) is 10.0 Å². The number of carbonyl (C=O) groups is 1. The van der Waals surface area contributed by atoms with Gasteiger partial charge in [-0.05, 0) is 6.92 Å². The van der Waals surface area contributed by atoms with Crippen LogP contribution in [0.2, 0.25) is 0 Å². The topological polar surface area (TPSA) is 130 Å². The van der Waals surface area contributed by atoms with Crippen molar-refractivity contribution in [3.63, 3.8) is 0 Å². The fourth-order valence-corrected chi connectivity index (χ4v) is 2.70. The highest BCUT2D eigenvalue weighted by atomic mass is 32.2. The number of carboxylic acid groups (broad SMARTS) is 1. The first-order valence-corrected chi connectivity index (χ1v) is 6.59. The minimum absolute atomic E-state index is 0.225. The number of hydrogen-bond donors (Lipinski definition) is 3. The maximum atomic E-state index is 12.1. The molecule has 0 atom stereocenters. The molecule has 0 bridgehead atoms. The van der Waals surface area contributed by atoms with Crippen molar-refractivity contribution in [2.45, 2.75) is 11.9 Å². The van der Waals surface area contributed by atoms with Gasteiger partial charge in [-0.3, -0.25) is 14.5 Å². The SMILES string of the molecule is Cc1cc(NS(=O)(=O)c2[nH]ncc2C(=O)O)n(C)n1. The Labute approximate surface area is 108 Å². The van der Waals surface area contributed by atoms with E-state index in [-0.39, 0.29) is 5.82 Å². The number of aromatic nitrogens is 4. The lowest BCUT2D eigenvalue weighted by molar-refractivity contribution is 0.0692. The van der Waals surface area contributed by atoms with E-state index in [1.807, 2.05) is 0 Å². The predicted octanol–water partition coefficient (Wildman–Crippen LogP) is -0.0494. The highest BCUT2D eigenvalue weighted by molar-refractivity contribution is 7.92. The van der Waals surface area contributed by atoms with Crippen LogP contribution in [0, 0.1) is 6.92 Å². The van der Waals surface area contributed by atoms with Gasteiger partial charge >= 0.3 is 5.97 Å². The van der Waals surface area contributed by atoms with Gasteiger partial charge in [-0.1, -0.05) is 0 Å². The molecule has 2 heterocycles. The van der Waals surface area contributed by atoms with Crippen LogP contribution < -0.4 is 4.72 Å². The molecule has 0 saturated carbocycles. The monoisotopic (exact) mass is 285 g/mol. The summed E-state index contributed by atoms with van der Waals surface area (Å²) in [6, 6.07) is 1.52. The molecule has 2 aromatic rings. The van der Waals surface area contributed by atoms with Gasteiger partial charge in [0, 0.05) is 13.1 Å². The van der Waals surface area contributed by atoms with E-state index in [0.29, 0.717) is 5.69 Å². The van der Waals surface area contributed by atoms with E-state index in [1.54, 1.807) is 14.0 Å². The lowest BCUT2D eigenvalue weighted by Gasteiger charge is -2.06. The summed E-state index contributed by atoms with van der Waals surface area (Å²) in [5.41, 5.74) is 0.203. The van der Waals surface area contributed by atoms with E-state index >= 15 is 0 Å². The molecular formula is C9H11N5O4S. The fourth-order valence-electron chi connectivity index (χ4n) is 1.53. The summed E-state index contributed by atoms with van der Waals surface area (Å²) in [6.07, 6.45) is 0.936. The minimum atomic E-state index is -4.06. The normalized spacial score (nSPS) is 11.5. The van der Waals surface area contributed by atoms with Gasteiger partial charge in [-0.15, -0.1) is 0 Å². The number of hydrogen-bond acceptors (Lipinski definition) is 5. The first-order chi connectivity index (χ1) is 8.81. The minimum Gasteiger partial charge on any atom is -0.478 e. The number of nitrogens with one attached hydrogen (secondary N) is 2. The molecule has 0 aliphatic rings. The van der Waals surface area contributed by atoms with Crippen molar-refractivity contribution in [3.8, 4) is 0 Å². The largest absolute Gasteiger partial charge is 0.478 e. The van der Waals surface area contributed by atoms with Crippen LogP contribution in [0.4, 0.5) is 5.82 Å². The molecule has 2 aromatic heterocycles. The second-order valence-corrected chi connectivity index (χ2v) is 5.44. The average Bonchev–Trinajstić information content (AvgIpc) is 2.86. The third kappa shape index (κ3) is 2.42. The van der Waals surface area contributed by atoms with E-state index in [4.69, 9.17) is 5.11 Å². The molecule has 19 heavy (non-hydrogen) atoms. The second kappa shape index (κ2) is 4.39. The molecule has 2 rings (SSSR count). The summed E-state index contributed by atoms with van der Waals surface area (Å²) in [4.78, 5) is 10.9. The molecule has 0 fully saturated rings. The smallest absolute Gasteiger partial charge is 0.340 e. The summed E-state index contributed by atoms with van der Waals surface area (Å²) in [6.45, 7) is 1.71. The molecule has 0 spiro atoms. The summed E-state index contributed by atoms with van der Waals surface area (Å²) >= 11 is 0. The zero-order valence-electron chi connectivity index (χ0n) is 10.1. The number of rotatable bonds is 4. The van der Waals surface area contributed by atoms with Crippen LogP contribution in [-0.4, -0.2) is 39.5 Å². The van der Waals surface area contributed by atoms with Crippen molar-refractivity contribution < 1.29 is 18.3 Å². The van der Waals surface area contributed by atoms with Crippen molar-refractivity contribution in [1.29, 1.82) is 0 Å². The van der Waals surface area contributed by atoms with Gasteiger partial charge in [-0.2, -0.15) is 18.6 Å². The molecule has 0 aliphatic heterocycles. The maximum Gasteiger partial charge on any atom is 0.340 e. The summed E-state index contributed by atoms with van der Waals surface area (Å²) in [5.74, 6) is -1.15. The standard InChI is InChI=1S/C9H11N5O4S/c1-5-3-7(14(2)12-5)13-19(17,18)8-6(9(15)16)4-10-11-8/h3-4,13H,1-2H3,(H,10,11)(H,15,16). The number of aryl methyl sites for hydroxylation is 2. The fraction of sp³-hybridized carbons (Fsp3) is 0.222. The van der Waals surface area contributed by atoms with E-state index in [0.717, 1.165) is 6.20 Å². The molecule has 102 valence electrons. The molecule has 10 heteroatoms. The maximum absolute atomic E-state index is 12.1. The Morgan fingerprint density at radius 3 is 2.74 bits per heavy atom. The van der Waals surface area contributed by atoms with Crippen LogP contribution in [0.15, 0.2) is 17.3 Å². The summed E-state index contributed by atoms with van der Waals surface area (Å²) in [7, 11) is -2.50. The molecule has 0 radical (unpaired) electrons. The van der Waals surface area contributed by atoms with Crippen LogP contribution in [0.3, 0.4) is 0 Å². The van der Waals surface area contributed by atoms with Gasteiger partial charge in [-0.25, -0.2) is 4.79 Å². The van der Waals surface area contributed by atoms with Crippen LogP contribution >= 0.6 is 0 Å². The number of carboxylic acids is 1. The number of anilines is 1. The Kier molecular flexibility index (Phi) is 3.02. The third-order valence-electron chi connectivity index (χ3n) is 2.34. The Morgan fingerprint density at radius 2 is 2.21 bits per heavy atom. The molecule has 9 nitrogen and oxygen atoms in total. The zero-order valence-corrected chi connectivity index (χ0v) is 10.9. The van der Waals surface area contributed by atoms with Gasteiger partial charge in [0.1, 0.15) is 11.4 Å². The van der Waals surface area contributed by atoms with Crippen LogP contribution in [-0.2, 0) is 17.1 Å². The average molecular weight is 285 g/mol. The Balaban J connectivity index is 2.41. The second-order valence-electron chi connectivity index (χ2n) is 3.82. The van der Waals surface area contributed by atoms with E-state index in [1.165, 1.54) is 10.7 Å². The van der Waals surface area contributed by atoms with Crippen LogP contribution in [0.25, 0.3) is 0 Å². The molecule has 3 N–H and O–H groups in total. The quantitative estimate of drug-likeness (QED) is 0.722. The molecule has 0 amide bonds. The van der Waals surface area contributed by atoms with Crippen molar-refractivity contribution in [2.75, 3.05) is 4.72 Å². The Hall–Kier alpha value is -2.36. The lowest BCUT2D eigenvalue weighted by atomic mass is 10.4. The van der Waals surface area contributed by atoms with Crippen molar-refractivity contribution in [1.82, 2.24) is 20.0 Å². The third-order valence-corrected chi connectivity index (χ3v) is 3.67. The van der Waals surface area contributed by atoms with Crippen molar-refractivity contribution in [3.05, 3.63) is 23.5 Å². The number of H-pyrrole nitrogens is 1. The lowest BCUT2D eigenvalue weighted by Crippen LogP contribution is -2.18. The first kappa shape index (κ1) is 13.1. The molecular weight excluding hydrogens is 274 g/mol. The molecule has 0 unspecified atom stereocenters. The molecule has 0 aliphatic carbocycles.